The van der Waals surface area contributed by atoms with Crippen molar-refractivity contribution in [2.75, 3.05) is 39.6 Å². The number of carbonyl (C=O) groups is 4. The second-order valence-corrected chi connectivity index (χ2v) is 33.1. The van der Waals surface area contributed by atoms with Gasteiger partial charge in [-0.05, 0) is 25.7 Å². The monoisotopic (exact) mass is 1510 g/mol. The molecule has 0 rings (SSSR count). The van der Waals surface area contributed by atoms with Gasteiger partial charge in [0, 0.05) is 25.7 Å². The standard InChI is InChI=1S/C84H164O17P2/c1-5-9-13-17-21-25-29-33-36-37-38-39-40-41-44-47-51-55-59-63-67-71-84(89)101-80(75-95-82(87)69-65-61-57-53-49-45-42-34-30-26-22-18-14-10-6-2)77-99-103(92,93)97-73-78(85)72-96-102(90,91)98-76-79(74-94-81(86)68-64-60-56-52-48-32-28-24-20-16-12-8-4)100-83(88)70-66-62-58-54-50-46-43-35-31-27-23-19-15-11-7-3/h78-80,85H,5-77H2,1-4H3,(H,90,91)(H,92,93)/t78-,79+,80+/m0/s1. The van der Waals surface area contributed by atoms with Gasteiger partial charge in [-0.15, -0.1) is 0 Å². The largest absolute Gasteiger partial charge is 0.472 e. The zero-order valence-corrected chi connectivity index (χ0v) is 69.1. The minimum absolute atomic E-state index is 0.109. The zero-order valence-electron chi connectivity index (χ0n) is 67.3. The second-order valence-electron chi connectivity index (χ2n) is 30.2. The summed E-state index contributed by atoms with van der Waals surface area (Å²) < 4.78 is 68.9. The molecule has 0 aliphatic heterocycles. The van der Waals surface area contributed by atoms with E-state index >= 15 is 0 Å². The van der Waals surface area contributed by atoms with Crippen LogP contribution in [0.15, 0.2) is 0 Å². The van der Waals surface area contributed by atoms with Crippen LogP contribution >= 0.6 is 15.6 Å². The highest BCUT2D eigenvalue weighted by Gasteiger charge is 2.30. The molecule has 0 heterocycles. The summed E-state index contributed by atoms with van der Waals surface area (Å²) in [5, 5.41) is 10.7. The summed E-state index contributed by atoms with van der Waals surface area (Å²) in [6.07, 6.45) is 72.1. The number of unbranched alkanes of at least 4 members (excludes halogenated alkanes) is 59. The van der Waals surface area contributed by atoms with Crippen molar-refractivity contribution in [3.63, 3.8) is 0 Å². The van der Waals surface area contributed by atoms with Gasteiger partial charge in [0.15, 0.2) is 12.2 Å². The highest BCUT2D eigenvalue weighted by Crippen LogP contribution is 2.45. The molecule has 2 unspecified atom stereocenters. The minimum Gasteiger partial charge on any atom is -0.462 e. The average molecular weight is 1510 g/mol. The van der Waals surface area contributed by atoms with Crippen LogP contribution < -0.4 is 0 Å². The molecule has 0 aliphatic rings. The first-order valence-corrected chi connectivity index (χ1v) is 46.8. The lowest BCUT2D eigenvalue weighted by molar-refractivity contribution is -0.161. The molecule has 0 aromatic carbocycles. The van der Waals surface area contributed by atoms with Crippen LogP contribution in [0.2, 0.25) is 0 Å². The van der Waals surface area contributed by atoms with E-state index in [1.807, 2.05) is 0 Å². The fourth-order valence-corrected chi connectivity index (χ4v) is 14.7. The molecular formula is C84H164O17P2. The van der Waals surface area contributed by atoms with Crippen molar-refractivity contribution in [3.8, 4) is 0 Å². The van der Waals surface area contributed by atoms with Crippen molar-refractivity contribution >= 4 is 39.5 Å². The molecule has 17 nitrogen and oxygen atoms in total. The van der Waals surface area contributed by atoms with Gasteiger partial charge in [-0.1, -0.05) is 407 Å². The zero-order chi connectivity index (χ0) is 75.3. The Labute approximate surface area is 632 Å². The highest BCUT2D eigenvalue weighted by atomic mass is 31.2. The number of aliphatic hydroxyl groups is 1. The number of hydrogen-bond acceptors (Lipinski definition) is 15. The topological polar surface area (TPSA) is 237 Å². The van der Waals surface area contributed by atoms with E-state index in [-0.39, 0.29) is 25.7 Å². The molecule has 0 radical (unpaired) electrons. The van der Waals surface area contributed by atoms with Crippen molar-refractivity contribution in [2.24, 2.45) is 0 Å². The van der Waals surface area contributed by atoms with Crippen LogP contribution in [0.5, 0.6) is 0 Å². The Morgan fingerprint density at radius 1 is 0.233 bits per heavy atom. The first-order valence-electron chi connectivity index (χ1n) is 43.8. The van der Waals surface area contributed by atoms with Crippen LogP contribution in [-0.2, 0) is 65.4 Å². The second kappa shape index (κ2) is 78.2. The number of carbonyl (C=O) groups excluding carboxylic acids is 4. The van der Waals surface area contributed by atoms with Crippen LogP contribution in [0.1, 0.15) is 458 Å². The van der Waals surface area contributed by atoms with E-state index < -0.39 is 97.5 Å². The maximum absolute atomic E-state index is 13.1. The molecule has 0 saturated carbocycles. The van der Waals surface area contributed by atoms with Crippen molar-refractivity contribution in [1.82, 2.24) is 0 Å². The van der Waals surface area contributed by atoms with Crippen molar-refractivity contribution in [3.05, 3.63) is 0 Å². The van der Waals surface area contributed by atoms with Crippen LogP contribution in [-0.4, -0.2) is 96.7 Å². The number of esters is 4. The summed E-state index contributed by atoms with van der Waals surface area (Å²) in [6, 6.07) is 0. The van der Waals surface area contributed by atoms with E-state index in [1.54, 1.807) is 0 Å². The third-order valence-electron chi connectivity index (χ3n) is 19.9. The molecule has 3 N–H and O–H groups in total. The van der Waals surface area contributed by atoms with Gasteiger partial charge in [0.1, 0.15) is 19.3 Å². The lowest BCUT2D eigenvalue weighted by Gasteiger charge is -2.21. The summed E-state index contributed by atoms with van der Waals surface area (Å²) in [4.78, 5) is 73.2. The van der Waals surface area contributed by atoms with Crippen molar-refractivity contribution in [2.45, 2.75) is 476 Å². The molecular weight excluding hydrogens is 1340 g/mol. The smallest absolute Gasteiger partial charge is 0.462 e. The summed E-state index contributed by atoms with van der Waals surface area (Å²) in [7, 11) is -9.92. The van der Waals surface area contributed by atoms with Gasteiger partial charge in [-0.2, -0.15) is 0 Å². The SMILES string of the molecule is CCCCCCCCCCCCCCCCCCCCCCCC(=O)O[C@H](COC(=O)CCCCCCCCCCCCCCCCC)COP(=O)(O)OC[C@@H](O)COP(=O)(O)OC[C@@H](COC(=O)CCCCCCCCCCCCCC)OC(=O)CCCCCCCCCCCCCCCCC. The van der Waals surface area contributed by atoms with Gasteiger partial charge >= 0.3 is 39.5 Å². The summed E-state index contributed by atoms with van der Waals surface area (Å²) >= 11 is 0. The van der Waals surface area contributed by atoms with Gasteiger partial charge < -0.3 is 33.8 Å². The average Bonchev–Trinajstić information content (AvgIpc) is 0.912. The Hall–Kier alpha value is -1.94. The fourth-order valence-electron chi connectivity index (χ4n) is 13.2. The predicted octanol–water partition coefficient (Wildman–Crippen LogP) is 25.7. The molecule has 0 spiro atoms. The number of aliphatic hydroxyl groups excluding tert-OH is 1. The maximum Gasteiger partial charge on any atom is 0.472 e. The van der Waals surface area contributed by atoms with E-state index in [0.717, 1.165) is 89.9 Å². The van der Waals surface area contributed by atoms with Crippen LogP contribution in [0.25, 0.3) is 0 Å². The number of ether oxygens (including phenoxy) is 4. The van der Waals surface area contributed by atoms with Crippen molar-refractivity contribution < 1.29 is 80.2 Å². The molecule has 612 valence electrons. The number of rotatable bonds is 85. The molecule has 0 amide bonds. The van der Waals surface area contributed by atoms with Crippen LogP contribution in [0.3, 0.4) is 0 Å². The summed E-state index contributed by atoms with van der Waals surface area (Å²) in [5.74, 6) is -2.10. The summed E-state index contributed by atoms with van der Waals surface area (Å²) in [6.45, 7) is 5.05. The Morgan fingerprint density at radius 2 is 0.388 bits per heavy atom. The molecule has 0 aliphatic carbocycles. The van der Waals surface area contributed by atoms with Crippen LogP contribution in [0, 0.1) is 0 Å². The third-order valence-corrected chi connectivity index (χ3v) is 21.8. The van der Waals surface area contributed by atoms with Gasteiger partial charge in [-0.25, -0.2) is 9.13 Å². The summed E-state index contributed by atoms with van der Waals surface area (Å²) in [5.41, 5.74) is 0. The molecule has 19 heteroatoms. The molecule has 0 aromatic heterocycles. The number of hydrogen-bond donors (Lipinski definition) is 3. The minimum atomic E-state index is -4.96. The first kappa shape index (κ1) is 101. The lowest BCUT2D eigenvalue weighted by atomic mass is 10.0. The van der Waals surface area contributed by atoms with E-state index in [1.165, 1.54) is 289 Å². The van der Waals surface area contributed by atoms with Gasteiger partial charge in [0.2, 0.25) is 0 Å². The fraction of sp³-hybridized carbons (Fsp3) is 0.952. The molecule has 0 bridgehead atoms. The molecule has 0 saturated heterocycles. The van der Waals surface area contributed by atoms with Gasteiger partial charge in [0.05, 0.1) is 26.4 Å². The predicted molar refractivity (Wildman–Crippen MR) is 423 cm³/mol. The van der Waals surface area contributed by atoms with E-state index in [0.29, 0.717) is 25.7 Å². The Balaban J connectivity index is 5.23. The maximum atomic E-state index is 13.1. The highest BCUT2D eigenvalue weighted by molar-refractivity contribution is 7.47. The Morgan fingerprint density at radius 3 is 0.573 bits per heavy atom. The molecule has 0 fully saturated rings. The lowest BCUT2D eigenvalue weighted by Crippen LogP contribution is -2.30. The first-order chi connectivity index (χ1) is 50.2. The Kier molecular flexibility index (Phi) is 76.7. The molecule has 0 aromatic rings. The van der Waals surface area contributed by atoms with E-state index in [2.05, 4.69) is 27.7 Å². The van der Waals surface area contributed by atoms with Crippen LogP contribution in [0.4, 0.5) is 0 Å². The van der Waals surface area contributed by atoms with Crippen molar-refractivity contribution in [1.29, 1.82) is 0 Å². The van der Waals surface area contributed by atoms with Gasteiger partial charge in [-0.3, -0.25) is 37.3 Å². The number of phosphoric ester groups is 2. The van der Waals surface area contributed by atoms with Gasteiger partial charge in [0.25, 0.3) is 0 Å². The normalized spacial score (nSPS) is 13.7. The van der Waals surface area contributed by atoms with E-state index in [9.17, 15) is 43.2 Å². The third kappa shape index (κ3) is 78.0. The Bertz CT molecular complexity index is 1950. The number of phosphoric acid groups is 2. The quantitative estimate of drug-likeness (QED) is 0.0222. The molecule has 103 heavy (non-hydrogen) atoms. The molecule has 5 atom stereocenters. The van der Waals surface area contributed by atoms with E-state index in [4.69, 9.17) is 37.0 Å².